The zero-order valence-corrected chi connectivity index (χ0v) is 15.7. The van der Waals surface area contributed by atoms with Crippen LogP contribution in [0.1, 0.15) is 21.6 Å². The Morgan fingerprint density at radius 1 is 1.15 bits per heavy atom. The third-order valence-corrected chi connectivity index (χ3v) is 5.44. The van der Waals surface area contributed by atoms with Gasteiger partial charge in [0.2, 0.25) is 0 Å². The molecule has 3 rings (SSSR count). The lowest BCUT2D eigenvalue weighted by molar-refractivity contribution is 0.320. The summed E-state index contributed by atoms with van der Waals surface area (Å²) in [6.45, 7) is 0.497. The van der Waals surface area contributed by atoms with Crippen LogP contribution < -0.4 is 5.32 Å². The van der Waals surface area contributed by atoms with Crippen LogP contribution in [0.15, 0.2) is 59.1 Å². The Morgan fingerprint density at radius 3 is 2.62 bits per heavy atom. The molecular formula is C19H13Cl2N3OS. The van der Waals surface area contributed by atoms with Gasteiger partial charge in [-0.2, -0.15) is 5.26 Å². The average Bonchev–Trinajstić information content (AvgIpc) is 3.08. The zero-order chi connectivity index (χ0) is 18.5. The summed E-state index contributed by atoms with van der Waals surface area (Å²) in [6, 6.07) is 16.7. The molecule has 0 fully saturated rings. The lowest BCUT2D eigenvalue weighted by Crippen LogP contribution is -2.05. The smallest absolute Gasteiger partial charge is 0.130 e. The Morgan fingerprint density at radius 2 is 1.96 bits per heavy atom. The molecule has 3 aromatic rings. The van der Waals surface area contributed by atoms with Gasteiger partial charge in [0.05, 0.1) is 26.6 Å². The van der Waals surface area contributed by atoms with Crippen LogP contribution >= 0.6 is 34.5 Å². The molecule has 2 N–H and O–H groups in total. The maximum absolute atomic E-state index is 9.41. The number of benzene rings is 2. The Kier molecular flexibility index (Phi) is 5.79. The van der Waals surface area contributed by atoms with E-state index in [-0.39, 0.29) is 0 Å². The predicted molar refractivity (Wildman–Crippen MR) is 107 cm³/mol. The lowest BCUT2D eigenvalue weighted by atomic mass is 10.1. The monoisotopic (exact) mass is 401 g/mol. The Bertz CT molecular complexity index is 1010. The van der Waals surface area contributed by atoms with E-state index in [9.17, 15) is 5.21 Å². The van der Waals surface area contributed by atoms with Crippen LogP contribution in [0, 0.1) is 11.3 Å². The van der Waals surface area contributed by atoms with Gasteiger partial charge in [-0.15, -0.1) is 11.3 Å². The molecule has 0 amide bonds. The van der Waals surface area contributed by atoms with E-state index in [1.165, 1.54) is 11.3 Å². The van der Waals surface area contributed by atoms with Crippen molar-refractivity contribution in [1.29, 1.82) is 5.26 Å². The van der Waals surface area contributed by atoms with Crippen molar-refractivity contribution in [2.45, 2.75) is 6.54 Å². The van der Waals surface area contributed by atoms with Gasteiger partial charge in [-0.25, -0.2) is 0 Å². The molecule has 0 atom stereocenters. The van der Waals surface area contributed by atoms with Crippen molar-refractivity contribution in [2.24, 2.45) is 5.16 Å². The van der Waals surface area contributed by atoms with E-state index >= 15 is 0 Å². The largest absolute Gasteiger partial charge is 0.410 e. The summed E-state index contributed by atoms with van der Waals surface area (Å²) >= 11 is 13.9. The number of halogens is 2. The molecule has 1 heterocycles. The standard InChI is InChI=1S/C19H13Cl2N3OS/c20-16-7-8-26-19(16)18(24-25)15-6-5-14(9-17(15)21)23-11-13-4-2-1-3-12(13)10-22/h1-9,23,25H,11H2. The Labute approximate surface area is 164 Å². The van der Waals surface area contributed by atoms with Crippen LogP contribution in [0.5, 0.6) is 0 Å². The summed E-state index contributed by atoms with van der Waals surface area (Å²) in [4.78, 5) is 0.653. The van der Waals surface area contributed by atoms with Gasteiger partial charge in [-0.3, -0.25) is 0 Å². The van der Waals surface area contributed by atoms with Crippen LogP contribution in [0.2, 0.25) is 10.0 Å². The second kappa shape index (κ2) is 8.24. The fourth-order valence-electron chi connectivity index (χ4n) is 2.48. The molecule has 1 aromatic heterocycles. The van der Waals surface area contributed by atoms with E-state index in [1.54, 1.807) is 24.3 Å². The highest BCUT2D eigenvalue weighted by molar-refractivity contribution is 7.13. The number of oxime groups is 1. The van der Waals surface area contributed by atoms with E-state index in [0.717, 1.165) is 11.3 Å². The predicted octanol–water partition coefficient (Wildman–Crippen LogP) is 5.77. The molecule has 4 nitrogen and oxygen atoms in total. The summed E-state index contributed by atoms with van der Waals surface area (Å²) in [5, 5.41) is 27.9. The van der Waals surface area contributed by atoms with Crippen molar-refractivity contribution in [1.82, 2.24) is 0 Å². The van der Waals surface area contributed by atoms with Crippen LogP contribution in [-0.2, 0) is 6.54 Å². The summed E-state index contributed by atoms with van der Waals surface area (Å²) in [7, 11) is 0. The van der Waals surface area contributed by atoms with Crippen LogP contribution in [0.4, 0.5) is 5.69 Å². The van der Waals surface area contributed by atoms with Crippen molar-refractivity contribution < 1.29 is 5.21 Å². The number of anilines is 1. The summed E-state index contributed by atoms with van der Waals surface area (Å²) in [5.74, 6) is 0. The third kappa shape index (κ3) is 3.83. The van der Waals surface area contributed by atoms with Crippen LogP contribution in [-0.4, -0.2) is 10.9 Å². The van der Waals surface area contributed by atoms with Gasteiger partial charge in [0.1, 0.15) is 5.71 Å². The van der Waals surface area contributed by atoms with Gasteiger partial charge in [0, 0.05) is 17.8 Å². The third-order valence-electron chi connectivity index (χ3n) is 3.78. The molecule has 0 saturated heterocycles. The Hall–Kier alpha value is -2.52. The molecule has 0 aliphatic heterocycles. The molecule has 7 heteroatoms. The van der Waals surface area contributed by atoms with Crippen molar-refractivity contribution >= 4 is 45.9 Å². The summed E-state index contributed by atoms with van der Waals surface area (Å²) in [5.41, 5.74) is 3.24. The van der Waals surface area contributed by atoms with Crippen molar-refractivity contribution in [3.8, 4) is 6.07 Å². The van der Waals surface area contributed by atoms with Crippen LogP contribution in [0.25, 0.3) is 0 Å². The molecule has 0 saturated carbocycles. The maximum Gasteiger partial charge on any atom is 0.130 e. The molecule has 0 unspecified atom stereocenters. The molecule has 0 radical (unpaired) electrons. The maximum atomic E-state index is 9.41. The number of hydrogen-bond acceptors (Lipinski definition) is 5. The minimum Gasteiger partial charge on any atom is -0.410 e. The number of thiophene rings is 1. The molecule has 0 bridgehead atoms. The minimum absolute atomic E-state index is 0.330. The molecule has 0 aliphatic carbocycles. The summed E-state index contributed by atoms with van der Waals surface area (Å²) < 4.78 is 0. The normalized spacial score (nSPS) is 11.2. The molecule has 26 heavy (non-hydrogen) atoms. The molecule has 130 valence electrons. The van der Waals surface area contributed by atoms with E-state index in [1.807, 2.05) is 29.6 Å². The van der Waals surface area contributed by atoms with Gasteiger partial charge >= 0.3 is 0 Å². The van der Waals surface area contributed by atoms with Gasteiger partial charge in [-0.1, -0.05) is 46.6 Å². The second-order valence-electron chi connectivity index (χ2n) is 5.36. The second-order valence-corrected chi connectivity index (χ2v) is 7.09. The first-order valence-corrected chi connectivity index (χ1v) is 9.25. The zero-order valence-electron chi connectivity index (χ0n) is 13.4. The van der Waals surface area contributed by atoms with E-state index in [0.29, 0.717) is 38.3 Å². The number of nitrogens with one attached hydrogen (secondary N) is 1. The SMILES string of the molecule is N#Cc1ccccc1CNc1ccc(C(=NO)c2sccc2Cl)c(Cl)c1. The molecule has 0 spiro atoms. The minimum atomic E-state index is 0.330. The summed E-state index contributed by atoms with van der Waals surface area (Å²) in [6.07, 6.45) is 0. The fraction of sp³-hybridized carbons (Fsp3) is 0.0526. The van der Waals surface area contributed by atoms with Crippen molar-refractivity contribution in [3.05, 3.63) is 85.5 Å². The van der Waals surface area contributed by atoms with Gasteiger partial charge < -0.3 is 10.5 Å². The molecular weight excluding hydrogens is 389 g/mol. The number of nitrogens with zero attached hydrogens (tertiary/aromatic N) is 2. The quantitative estimate of drug-likeness (QED) is 0.324. The first-order valence-electron chi connectivity index (χ1n) is 7.61. The molecule has 0 aliphatic rings. The number of rotatable bonds is 5. The van der Waals surface area contributed by atoms with Gasteiger partial charge in [0.15, 0.2) is 0 Å². The Balaban J connectivity index is 1.82. The van der Waals surface area contributed by atoms with Crippen molar-refractivity contribution in [3.63, 3.8) is 0 Å². The lowest BCUT2D eigenvalue weighted by Gasteiger charge is -2.11. The fourth-order valence-corrected chi connectivity index (χ4v) is 3.90. The highest BCUT2D eigenvalue weighted by atomic mass is 35.5. The van der Waals surface area contributed by atoms with Crippen LogP contribution in [0.3, 0.4) is 0 Å². The first kappa shape index (κ1) is 18.3. The van der Waals surface area contributed by atoms with Crippen molar-refractivity contribution in [2.75, 3.05) is 5.32 Å². The first-order chi connectivity index (χ1) is 12.6. The average molecular weight is 402 g/mol. The highest BCUT2D eigenvalue weighted by Crippen LogP contribution is 2.30. The van der Waals surface area contributed by atoms with E-state index < -0.39 is 0 Å². The molecule has 2 aromatic carbocycles. The highest BCUT2D eigenvalue weighted by Gasteiger charge is 2.16. The van der Waals surface area contributed by atoms with E-state index in [4.69, 9.17) is 28.5 Å². The van der Waals surface area contributed by atoms with Gasteiger partial charge in [0.25, 0.3) is 0 Å². The number of hydrogen-bond donors (Lipinski definition) is 2. The number of nitriles is 1. The van der Waals surface area contributed by atoms with E-state index in [2.05, 4.69) is 16.5 Å². The topological polar surface area (TPSA) is 68.4 Å². The van der Waals surface area contributed by atoms with Gasteiger partial charge in [-0.05, 0) is 41.3 Å².